The molecule has 0 saturated carbocycles. The van der Waals surface area contributed by atoms with Gasteiger partial charge in [-0.3, -0.25) is 14.2 Å². The zero-order chi connectivity index (χ0) is 32.5. The summed E-state index contributed by atoms with van der Waals surface area (Å²) in [6.45, 7) is 6.71. The van der Waals surface area contributed by atoms with Crippen molar-refractivity contribution >= 4 is 40.1 Å². The normalized spacial score (nSPS) is 14.6. The van der Waals surface area contributed by atoms with Gasteiger partial charge in [-0.25, -0.2) is 9.79 Å². The lowest BCUT2D eigenvalue weighted by molar-refractivity contribution is -0.127. The minimum atomic E-state index is -0.777. The molecule has 0 N–H and O–H groups in total. The number of carbonyl (C=O) groups excluding carboxylic acids is 2. The Kier molecular flexibility index (Phi) is 8.46. The summed E-state index contributed by atoms with van der Waals surface area (Å²) < 4.78 is 18.8. The number of thiazole rings is 1. The lowest BCUT2D eigenvalue weighted by atomic mass is 9.90. The molecule has 6 rings (SSSR count). The number of aromatic nitrogens is 1. The molecule has 0 unspecified atom stereocenters. The molecule has 5 aromatic rings. The quantitative estimate of drug-likeness (QED) is 0.214. The summed E-state index contributed by atoms with van der Waals surface area (Å²) in [6.07, 6.45) is 1.68. The van der Waals surface area contributed by atoms with Gasteiger partial charge in [0.1, 0.15) is 23.3 Å². The summed E-state index contributed by atoms with van der Waals surface area (Å²) in [5.74, 6) is 0.943. The molecule has 0 bridgehead atoms. The van der Waals surface area contributed by atoms with Crippen LogP contribution in [0.25, 0.3) is 28.2 Å². The van der Waals surface area contributed by atoms with E-state index in [1.54, 1.807) is 53.0 Å². The van der Waals surface area contributed by atoms with E-state index in [1.165, 1.54) is 18.4 Å². The maximum absolute atomic E-state index is 14.4. The van der Waals surface area contributed by atoms with Gasteiger partial charge in [0.15, 0.2) is 4.80 Å². The maximum atomic E-state index is 14.4. The number of hydrogen-bond acceptors (Lipinski definition) is 8. The highest BCUT2D eigenvalue weighted by Crippen LogP contribution is 2.40. The topological polar surface area (TPSA) is 103 Å². The van der Waals surface area contributed by atoms with Crippen molar-refractivity contribution < 1.29 is 23.5 Å². The van der Waals surface area contributed by atoms with E-state index in [1.807, 2.05) is 63.2 Å². The second-order valence-electron chi connectivity index (χ2n) is 10.7. The number of nitrogens with zero attached hydrogens (tertiary/aromatic N) is 3. The number of ether oxygens (including phenoxy) is 2. The summed E-state index contributed by atoms with van der Waals surface area (Å²) in [5.41, 5.74) is 2.51. The lowest BCUT2D eigenvalue weighted by Gasteiger charge is -2.30. The van der Waals surface area contributed by atoms with E-state index < -0.39 is 12.0 Å². The second-order valence-corrected chi connectivity index (χ2v) is 11.7. The summed E-state index contributed by atoms with van der Waals surface area (Å²) in [5, 5.41) is 1.84. The Morgan fingerprint density at radius 2 is 1.80 bits per heavy atom. The Balaban J connectivity index is 1.54. The van der Waals surface area contributed by atoms with Crippen LogP contribution in [0.5, 0.6) is 5.75 Å². The summed E-state index contributed by atoms with van der Waals surface area (Å²) >= 11 is 1.23. The van der Waals surface area contributed by atoms with Crippen molar-refractivity contribution in [3.8, 4) is 17.1 Å². The number of fused-ring (bicyclic) bond motifs is 2. The third-order valence-corrected chi connectivity index (χ3v) is 9.18. The Hall–Kier alpha value is -5.22. The van der Waals surface area contributed by atoms with Crippen molar-refractivity contribution in [2.75, 3.05) is 27.3 Å². The number of carbonyl (C=O) groups is 2. The zero-order valence-corrected chi connectivity index (χ0v) is 27.0. The number of amides is 1. The highest BCUT2D eigenvalue weighted by atomic mass is 32.1. The number of rotatable bonds is 8. The van der Waals surface area contributed by atoms with Crippen molar-refractivity contribution in [1.29, 1.82) is 0 Å². The number of likely N-dealkylation sites (N-methyl/N-ethyl adjacent to an activating group) is 1. The smallest absolute Gasteiger partial charge is 0.337 e. The first-order chi connectivity index (χ1) is 22.3. The predicted molar refractivity (Wildman–Crippen MR) is 178 cm³/mol. The molecule has 2 aromatic heterocycles. The zero-order valence-electron chi connectivity index (χ0n) is 26.2. The predicted octanol–water partition coefficient (Wildman–Crippen LogP) is 5.31. The molecule has 1 amide bonds. The molecule has 1 aliphatic heterocycles. The summed E-state index contributed by atoms with van der Waals surface area (Å²) in [4.78, 5) is 47.5. The number of benzene rings is 3. The summed E-state index contributed by atoms with van der Waals surface area (Å²) in [6, 6.07) is 21.4. The molecule has 0 aliphatic carbocycles. The Morgan fingerprint density at radius 1 is 1.02 bits per heavy atom. The van der Waals surface area contributed by atoms with Gasteiger partial charge in [0.2, 0.25) is 0 Å². The number of hydrogen-bond donors (Lipinski definition) is 0. The number of methoxy groups -OCH3 is 2. The third kappa shape index (κ3) is 5.34. The molecular formula is C36H33N3O6S. The Morgan fingerprint density at radius 3 is 2.54 bits per heavy atom. The fraction of sp³-hybridized carbons (Fsp3) is 0.222. The highest BCUT2D eigenvalue weighted by molar-refractivity contribution is 7.07. The van der Waals surface area contributed by atoms with E-state index in [-0.39, 0.29) is 11.5 Å². The van der Waals surface area contributed by atoms with E-state index in [0.29, 0.717) is 62.1 Å². The molecule has 46 heavy (non-hydrogen) atoms. The highest BCUT2D eigenvalue weighted by Gasteiger charge is 2.36. The van der Waals surface area contributed by atoms with Gasteiger partial charge in [0.25, 0.3) is 11.5 Å². The molecule has 3 heterocycles. The number of esters is 1. The van der Waals surface area contributed by atoms with Gasteiger partial charge in [-0.15, -0.1) is 0 Å². The molecule has 0 spiro atoms. The monoisotopic (exact) mass is 635 g/mol. The van der Waals surface area contributed by atoms with Crippen molar-refractivity contribution in [2.45, 2.75) is 26.8 Å². The van der Waals surface area contributed by atoms with Crippen LogP contribution < -0.4 is 19.6 Å². The van der Waals surface area contributed by atoms with E-state index in [0.717, 1.165) is 16.3 Å². The van der Waals surface area contributed by atoms with Crippen LogP contribution in [0.15, 0.2) is 98.3 Å². The largest absolute Gasteiger partial charge is 0.496 e. The van der Waals surface area contributed by atoms with E-state index in [9.17, 15) is 14.4 Å². The van der Waals surface area contributed by atoms with Gasteiger partial charge in [-0.05, 0) is 61.9 Å². The molecule has 10 heteroatoms. The standard InChI is InChI=1S/C36H33N3O6S/c1-6-38(7-2)34(41)30-21(3)37-36-39(32(30)31-26-14-9-8-11-22(26)15-17-28(31)43-4)33(40)29(46-36)20-25-16-18-27(45-25)23-12-10-13-24(19-23)35(42)44-5/h8-20,32H,6-7H2,1-5H3/b29-20+/t32-/m1/s1. The molecule has 0 fully saturated rings. The minimum absolute atomic E-state index is 0.176. The number of furan rings is 1. The first-order valence-electron chi connectivity index (χ1n) is 15.0. The van der Waals surface area contributed by atoms with Gasteiger partial charge in [-0.1, -0.05) is 53.8 Å². The van der Waals surface area contributed by atoms with Crippen LogP contribution in [0.2, 0.25) is 0 Å². The van der Waals surface area contributed by atoms with Crippen molar-refractivity contribution in [1.82, 2.24) is 9.47 Å². The average Bonchev–Trinajstić information content (AvgIpc) is 3.67. The van der Waals surface area contributed by atoms with Crippen molar-refractivity contribution in [3.63, 3.8) is 0 Å². The van der Waals surface area contributed by atoms with Crippen LogP contribution in [0.1, 0.15) is 48.5 Å². The summed E-state index contributed by atoms with van der Waals surface area (Å²) in [7, 11) is 2.93. The van der Waals surface area contributed by atoms with Gasteiger partial charge >= 0.3 is 5.97 Å². The lowest BCUT2D eigenvalue weighted by Crippen LogP contribution is -2.43. The Labute approximate surface area is 269 Å². The molecule has 3 aromatic carbocycles. The van der Waals surface area contributed by atoms with Crippen molar-refractivity contribution in [2.24, 2.45) is 4.99 Å². The van der Waals surface area contributed by atoms with E-state index in [2.05, 4.69) is 0 Å². The molecule has 1 aliphatic rings. The minimum Gasteiger partial charge on any atom is -0.496 e. The van der Waals surface area contributed by atoms with Crippen LogP contribution in [-0.4, -0.2) is 48.7 Å². The SMILES string of the molecule is CCN(CC)C(=O)C1=C(C)N=c2s/c(=C/c3ccc(-c4cccc(C(=O)OC)c4)o3)c(=O)n2[C@H]1c1c(OC)ccc2ccccc12. The molecule has 0 saturated heterocycles. The van der Waals surface area contributed by atoms with Gasteiger partial charge in [0.05, 0.1) is 35.6 Å². The van der Waals surface area contributed by atoms with Crippen LogP contribution in [0, 0.1) is 0 Å². The van der Waals surface area contributed by atoms with Gasteiger partial charge in [0, 0.05) is 30.3 Å². The number of allylic oxidation sites excluding steroid dienone is 1. The fourth-order valence-electron chi connectivity index (χ4n) is 5.92. The van der Waals surface area contributed by atoms with Crippen molar-refractivity contribution in [3.05, 3.63) is 121 Å². The first kappa shape index (κ1) is 30.8. The molecule has 9 nitrogen and oxygen atoms in total. The second kappa shape index (κ2) is 12.6. The molecule has 0 radical (unpaired) electrons. The maximum Gasteiger partial charge on any atom is 0.337 e. The van der Waals surface area contributed by atoms with Gasteiger partial charge in [-0.2, -0.15) is 0 Å². The van der Waals surface area contributed by atoms with E-state index >= 15 is 0 Å². The fourth-order valence-corrected chi connectivity index (χ4v) is 6.94. The van der Waals surface area contributed by atoms with Crippen LogP contribution in [0.4, 0.5) is 0 Å². The first-order valence-corrected chi connectivity index (χ1v) is 15.8. The molecular weight excluding hydrogens is 602 g/mol. The average molecular weight is 636 g/mol. The van der Waals surface area contributed by atoms with Gasteiger partial charge < -0.3 is 18.8 Å². The Bertz CT molecular complexity index is 2200. The molecule has 1 atom stereocenters. The molecule has 234 valence electrons. The van der Waals surface area contributed by atoms with Crippen LogP contribution in [0.3, 0.4) is 0 Å². The third-order valence-electron chi connectivity index (χ3n) is 8.20. The van der Waals surface area contributed by atoms with Crippen LogP contribution >= 0.6 is 11.3 Å². The van der Waals surface area contributed by atoms with E-state index in [4.69, 9.17) is 18.9 Å². The van der Waals surface area contributed by atoms with Crippen LogP contribution in [-0.2, 0) is 9.53 Å².